The predicted octanol–water partition coefficient (Wildman–Crippen LogP) is 2.15. The first-order valence-electron chi connectivity index (χ1n) is 7.45. The number of amides is 2. The summed E-state index contributed by atoms with van der Waals surface area (Å²) in [6, 6.07) is 7.68. The Morgan fingerprint density at radius 2 is 2.10 bits per heavy atom. The van der Waals surface area contributed by atoms with Crippen LogP contribution in [0.3, 0.4) is 0 Å². The van der Waals surface area contributed by atoms with Gasteiger partial charge in [0.15, 0.2) is 0 Å². The summed E-state index contributed by atoms with van der Waals surface area (Å²) >= 11 is 6.06. The number of halogens is 1. The van der Waals surface area contributed by atoms with Gasteiger partial charge in [-0.05, 0) is 30.9 Å². The summed E-state index contributed by atoms with van der Waals surface area (Å²) in [5, 5.41) is 3.56. The highest BCUT2D eigenvalue weighted by molar-refractivity contribution is 6.31. The predicted molar refractivity (Wildman–Crippen MR) is 81.1 cm³/mol. The first kappa shape index (κ1) is 14.4. The van der Waals surface area contributed by atoms with Crippen molar-refractivity contribution in [1.82, 2.24) is 10.2 Å². The fraction of sp³-hybridized carbons (Fsp3) is 0.500. The standard InChI is InChI=1S/C16H19ClN2O2/c17-14-7-2-1-4-11(14)8-15(20)18-12-9-16(21)19(10-12)13-5-3-6-13/h1-2,4,7,12-13H,3,5-6,8-10H2,(H,18,20). The minimum absolute atomic E-state index is 0.0620. The maximum Gasteiger partial charge on any atom is 0.225 e. The van der Waals surface area contributed by atoms with Crippen LogP contribution in [-0.4, -0.2) is 35.3 Å². The number of hydrogen-bond donors (Lipinski definition) is 1. The molecule has 1 unspecified atom stereocenters. The molecule has 1 N–H and O–H groups in total. The van der Waals surface area contributed by atoms with Gasteiger partial charge in [0, 0.05) is 24.0 Å². The van der Waals surface area contributed by atoms with Gasteiger partial charge in [-0.25, -0.2) is 0 Å². The highest BCUT2D eigenvalue weighted by Crippen LogP contribution is 2.28. The fourth-order valence-corrected chi connectivity index (χ4v) is 3.18. The van der Waals surface area contributed by atoms with Gasteiger partial charge in [0.2, 0.25) is 11.8 Å². The average molecular weight is 307 g/mol. The summed E-state index contributed by atoms with van der Waals surface area (Å²) in [6.07, 6.45) is 4.09. The van der Waals surface area contributed by atoms with Crippen LogP contribution in [0.4, 0.5) is 0 Å². The molecular weight excluding hydrogens is 288 g/mol. The fourth-order valence-electron chi connectivity index (χ4n) is 2.97. The Balaban J connectivity index is 1.54. The molecular formula is C16H19ClN2O2. The molecule has 2 aliphatic rings. The van der Waals surface area contributed by atoms with Crippen molar-refractivity contribution in [2.24, 2.45) is 0 Å². The molecule has 0 spiro atoms. The molecule has 1 saturated carbocycles. The normalized spacial score (nSPS) is 22.2. The smallest absolute Gasteiger partial charge is 0.225 e. The van der Waals surface area contributed by atoms with E-state index in [1.165, 1.54) is 6.42 Å². The molecule has 2 amide bonds. The molecule has 1 saturated heterocycles. The summed E-state index contributed by atoms with van der Waals surface area (Å²) < 4.78 is 0. The van der Waals surface area contributed by atoms with Crippen molar-refractivity contribution in [2.75, 3.05) is 6.54 Å². The van der Waals surface area contributed by atoms with Crippen molar-refractivity contribution in [3.63, 3.8) is 0 Å². The molecule has 5 heteroatoms. The van der Waals surface area contributed by atoms with Gasteiger partial charge in [-0.1, -0.05) is 29.8 Å². The summed E-state index contributed by atoms with van der Waals surface area (Å²) in [5.41, 5.74) is 0.817. The van der Waals surface area contributed by atoms with E-state index in [-0.39, 0.29) is 24.3 Å². The van der Waals surface area contributed by atoms with Crippen LogP contribution in [0.5, 0.6) is 0 Å². The van der Waals surface area contributed by atoms with Gasteiger partial charge >= 0.3 is 0 Å². The lowest BCUT2D eigenvalue weighted by Crippen LogP contribution is -2.43. The molecule has 1 aliphatic carbocycles. The van der Waals surface area contributed by atoms with E-state index in [1.807, 2.05) is 23.1 Å². The molecule has 1 aromatic carbocycles. The van der Waals surface area contributed by atoms with Gasteiger partial charge in [0.1, 0.15) is 0 Å². The van der Waals surface area contributed by atoms with Crippen LogP contribution < -0.4 is 5.32 Å². The Morgan fingerprint density at radius 3 is 2.76 bits per heavy atom. The number of carbonyl (C=O) groups is 2. The molecule has 0 aromatic heterocycles. The zero-order valence-corrected chi connectivity index (χ0v) is 12.6. The SMILES string of the molecule is O=C(Cc1ccccc1Cl)NC1CC(=O)N(C2CCC2)C1. The van der Waals surface area contributed by atoms with Crippen molar-refractivity contribution >= 4 is 23.4 Å². The zero-order valence-electron chi connectivity index (χ0n) is 11.8. The second-order valence-electron chi connectivity index (χ2n) is 5.87. The number of carbonyl (C=O) groups excluding carboxylic acids is 2. The van der Waals surface area contributed by atoms with Crippen molar-refractivity contribution in [2.45, 2.75) is 44.2 Å². The lowest BCUT2D eigenvalue weighted by Gasteiger charge is -2.34. The third kappa shape index (κ3) is 3.21. The van der Waals surface area contributed by atoms with Crippen LogP contribution >= 0.6 is 11.6 Å². The summed E-state index contributed by atoms with van der Waals surface area (Å²) in [5.74, 6) is 0.0964. The second kappa shape index (κ2) is 6.06. The first-order valence-corrected chi connectivity index (χ1v) is 7.83. The molecule has 1 atom stereocenters. The number of benzene rings is 1. The lowest BCUT2D eigenvalue weighted by atomic mass is 9.92. The summed E-state index contributed by atoms with van der Waals surface area (Å²) in [6.45, 7) is 0.651. The second-order valence-corrected chi connectivity index (χ2v) is 6.27. The van der Waals surface area contributed by atoms with Crippen LogP contribution in [0.15, 0.2) is 24.3 Å². The maximum absolute atomic E-state index is 12.1. The molecule has 2 fully saturated rings. The molecule has 4 nitrogen and oxygen atoms in total. The van der Waals surface area contributed by atoms with Crippen LogP contribution in [0.25, 0.3) is 0 Å². The van der Waals surface area contributed by atoms with E-state index in [4.69, 9.17) is 11.6 Å². The Labute approximate surface area is 129 Å². The third-order valence-corrected chi connectivity index (χ3v) is 4.72. The summed E-state index contributed by atoms with van der Waals surface area (Å²) in [4.78, 5) is 26.0. The van der Waals surface area contributed by atoms with E-state index in [0.717, 1.165) is 18.4 Å². The van der Waals surface area contributed by atoms with Gasteiger partial charge in [0.25, 0.3) is 0 Å². The number of likely N-dealkylation sites (tertiary alicyclic amines) is 1. The quantitative estimate of drug-likeness (QED) is 0.926. The number of nitrogens with zero attached hydrogens (tertiary/aromatic N) is 1. The van der Waals surface area contributed by atoms with Crippen molar-refractivity contribution in [3.8, 4) is 0 Å². The van der Waals surface area contributed by atoms with Gasteiger partial charge < -0.3 is 10.2 Å². The van der Waals surface area contributed by atoms with Crippen LogP contribution in [-0.2, 0) is 16.0 Å². The van der Waals surface area contributed by atoms with E-state index in [1.54, 1.807) is 6.07 Å². The largest absolute Gasteiger partial charge is 0.351 e. The molecule has 0 radical (unpaired) electrons. The first-order chi connectivity index (χ1) is 10.1. The van der Waals surface area contributed by atoms with E-state index >= 15 is 0 Å². The van der Waals surface area contributed by atoms with Gasteiger partial charge in [-0.3, -0.25) is 9.59 Å². The number of nitrogens with one attached hydrogen (secondary N) is 1. The molecule has 112 valence electrons. The number of rotatable bonds is 4. The Bertz CT molecular complexity index is 557. The lowest BCUT2D eigenvalue weighted by molar-refractivity contribution is -0.131. The van der Waals surface area contributed by atoms with Crippen LogP contribution in [0, 0.1) is 0 Å². The topological polar surface area (TPSA) is 49.4 Å². The minimum atomic E-state index is -0.0728. The van der Waals surface area contributed by atoms with Crippen molar-refractivity contribution < 1.29 is 9.59 Å². The molecule has 21 heavy (non-hydrogen) atoms. The summed E-state index contributed by atoms with van der Waals surface area (Å²) in [7, 11) is 0. The van der Waals surface area contributed by atoms with Gasteiger partial charge in [-0.2, -0.15) is 0 Å². The molecule has 1 heterocycles. The minimum Gasteiger partial charge on any atom is -0.351 e. The maximum atomic E-state index is 12.1. The molecule has 1 aliphatic heterocycles. The Kier molecular flexibility index (Phi) is 4.15. The van der Waals surface area contributed by atoms with Crippen molar-refractivity contribution in [3.05, 3.63) is 34.9 Å². The molecule has 0 bridgehead atoms. The van der Waals surface area contributed by atoms with Crippen molar-refractivity contribution in [1.29, 1.82) is 0 Å². The van der Waals surface area contributed by atoms with E-state index < -0.39 is 0 Å². The Hall–Kier alpha value is -1.55. The van der Waals surface area contributed by atoms with Crippen LogP contribution in [0.2, 0.25) is 5.02 Å². The van der Waals surface area contributed by atoms with Crippen LogP contribution in [0.1, 0.15) is 31.2 Å². The average Bonchev–Trinajstić information content (AvgIpc) is 2.71. The van der Waals surface area contributed by atoms with Gasteiger partial charge in [-0.15, -0.1) is 0 Å². The number of hydrogen-bond acceptors (Lipinski definition) is 2. The monoisotopic (exact) mass is 306 g/mol. The highest BCUT2D eigenvalue weighted by Gasteiger charge is 2.37. The van der Waals surface area contributed by atoms with E-state index in [2.05, 4.69) is 5.32 Å². The molecule has 3 rings (SSSR count). The highest BCUT2D eigenvalue weighted by atomic mass is 35.5. The zero-order chi connectivity index (χ0) is 14.8. The Morgan fingerprint density at radius 1 is 1.33 bits per heavy atom. The van der Waals surface area contributed by atoms with Gasteiger partial charge in [0.05, 0.1) is 12.5 Å². The third-order valence-electron chi connectivity index (χ3n) is 4.35. The van der Waals surface area contributed by atoms with E-state index in [0.29, 0.717) is 24.0 Å². The molecule has 1 aromatic rings. The van der Waals surface area contributed by atoms with E-state index in [9.17, 15) is 9.59 Å².